The molecule has 3 aromatic rings. The molecular weight excluding hydrogens is 356 g/mol. The number of hydrogen-bond donors (Lipinski definition) is 2. The maximum absolute atomic E-state index is 12.4. The zero-order chi connectivity index (χ0) is 19.7. The first kappa shape index (κ1) is 18.4. The van der Waals surface area contributed by atoms with E-state index < -0.39 is 11.9 Å². The summed E-state index contributed by atoms with van der Waals surface area (Å²) in [5, 5.41) is 9.15. The van der Waals surface area contributed by atoms with Gasteiger partial charge in [-0.2, -0.15) is 0 Å². The van der Waals surface area contributed by atoms with Gasteiger partial charge in [0.05, 0.1) is 17.8 Å². The number of carboxylic acid groups (broad SMARTS) is 1. The molecule has 2 heterocycles. The number of nitrogens with zero attached hydrogens (tertiary/aromatic N) is 3. The van der Waals surface area contributed by atoms with Crippen molar-refractivity contribution in [1.82, 2.24) is 19.5 Å². The average Bonchev–Trinajstić information content (AvgIpc) is 3.03. The molecule has 1 saturated carbocycles. The topological polar surface area (TPSA) is 101 Å². The van der Waals surface area contributed by atoms with Gasteiger partial charge in [-0.25, -0.2) is 14.8 Å². The molecule has 0 saturated heterocycles. The van der Waals surface area contributed by atoms with Crippen molar-refractivity contribution >= 4 is 17.3 Å². The van der Waals surface area contributed by atoms with E-state index in [-0.39, 0.29) is 5.69 Å². The maximum atomic E-state index is 12.4. The van der Waals surface area contributed by atoms with E-state index in [0.717, 1.165) is 24.0 Å². The Bertz CT molecular complexity index is 1050. The van der Waals surface area contributed by atoms with E-state index >= 15 is 0 Å². The summed E-state index contributed by atoms with van der Waals surface area (Å²) in [5.74, 6) is -0.909. The highest BCUT2D eigenvalue weighted by Gasteiger charge is 2.19. The number of imidazole rings is 1. The predicted octanol–water partition coefficient (Wildman–Crippen LogP) is 3.56. The minimum absolute atomic E-state index is 0.164. The van der Waals surface area contributed by atoms with Crippen LogP contribution in [-0.2, 0) is 11.3 Å². The summed E-state index contributed by atoms with van der Waals surface area (Å²) in [6, 6.07) is 7.29. The summed E-state index contributed by atoms with van der Waals surface area (Å²) in [4.78, 5) is 35.4. The minimum Gasteiger partial charge on any atom is -0.481 e. The largest absolute Gasteiger partial charge is 0.481 e. The van der Waals surface area contributed by atoms with Crippen molar-refractivity contribution < 1.29 is 9.90 Å². The number of benzene rings is 1. The van der Waals surface area contributed by atoms with Crippen LogP contribution in [0, 0.1) is 5.92 Å². The Hall–Kier alpha value is -2.96. The second kappa shape index (κ2) is 7.58. The van der Waals surface area contributed by atoms with E-state index in [4.69, 9.17) is 10.1 Å². The molecule has 0 aliphatic heterocycles. The number of aliphatic carboxylic acids is 1. The van der Waals surface area contributed by atoms with Gasteiger partial charge in [-0.3, -0.25) is 14.3 Å². The van der Waals surface area contributed by atoms with Gasteiger partial charge in [0.2, 0.25) is 0 Å². The van der Waals surface area contributed by atoms with Crippen LogP contribution < -0.4 is 5.69 Å². The van der Waals surface area contributed by atoms with Gasteiger partial charge in [0.25, 0.3) is 0 Å². The van der Waals surface area contributed by atoms with Crippen LogP contribution in [0.25, 0.3) is 22.6 Å². The summed E-state index contributed by atoms with van der Waals surface area (Å²) in [7, 11) is 0. The van der Waals surface area contributed by atoms with Crippen LogP contribution in [0.3, 0.4) is 0 Å². The van der Waals surface area contributed by atoms with E-state index in [9.17, 15) is 9.59 Å². The van der Waals surface area contributed by atoms with Crippen molar-refractivity contribution in [3.8, 4) is 11.3 Å². The molecule has 1 atom stereocenters. The van der Waals surface area contributed by atoms with Crippen LogP contribution in [0.4, 0.5) is 0 Å². The highest BCUT2D eigenvalue weighted by Crippen LogP contribution is 2.26. The molecule has 1 fully saturated rings. The first-order chi connectivity index (χ1) is 13.5. The molecule has 7 heteroatoms. The number of fused-ring (bicyclic) bond motifs is 1. The Balaban J connectivity index is 1.66. The van der Waals surface area contributed by atoms with E-state index in [1.807, 2.05) is 12.1 Å². The fourth-order valence-electron chi connectivity index (χ4n) is 3.94. The number of carbonyl (C=O) groups is 1. The van der Waals surface area contributed by atoms with Crippen molar-refractivity contribution in [2.24, 2.45) is 5.92 Å². The van der Waals surface area contributed by atoms with Gasteiger partial charge in [-0.05, 0) is 31.2 Å². The molecule has 0 spiro atoms. The van der Waals surface area contributed by atoms with Crippen molar-refractivity contribution in [2.75, 3.05) is 0 Å². The molecule has 7 nitrogen and oxygen atoms in total. The molecule has 1 aliphatic carbocycles. The van der Waals surface area contributed by atoms with Crippen LogP contribution in [0.2, 0.25) is 0 Å². The summed E-state index contributed by atoms with van der Waals surface area (Å²) in [6.07, 6.45) is 7.66. The van der Waals surface area contributed by atoms with Crippen LogP contribution in [0.15, 0.2) is 35.3 Å². The van der Waals surface area contributed by atoms with E-state index in [1.165, 1.54) is 19.3 Å². The van der Waals surface area contributed by atoms with Gasteiger partial charge in [0.1, 0.15) is 0 Å². The molecule has 146 valence electrons. The molecule has 1 aromatic carbocycles. The van der Waals surface area contributed by atoms with Gasteiger partial charge in [-0.15, -0.1) is 0 Å². The van der Waals surface area contributed by atoms with Crippen molar-refractivity contribution in [1.29, 1.82) is 0 Å². The summed E-state index contributed by atoms with van der Waals surface area (Å²) < 4.78 is 1.71. The number of H-pyrrole nitrogens is 1. The van der Waals surface area contributed by atoms with E-state index in [2.05, 4.69) is 9.97 Å². The third-order valence-corrected chi connectivity index (χ3v) is 5.72. The lowest BCUT2D eigenvalue weighted by molar-refractivity contribution is -0.138. The van der Waals surface area contributed by atoms with Crippen molar-refractivity contribution in [2.45, 2.75) is 51.5 Å². The summed E-state index contributed by atoms with van der Waals surface area (Å²) >= 11 is 0. The van der Waals surface area contributed by atoms with E-state index in [0.29, 0.717) is 29.5 Å². The zero-order valence-electron chi connectivity index (χ0n) is 15.9. The Kier molecular flexibility index (Phi) is 4.98. The van der Waals surface area contributed by atoms with Crippen LogP contribution in [-0.4, -0.2) is 30.6 Å². The Morgan fingerprint density at radius 3 is 2.64 bits per heavy atom. The Morgan fingerprint density at radius 1 is 1.25 bits per heavy atom. The SMILES string of the molecule is CC(C(=O)O)c1ccc(-c2cnc3[nH]c(=O)n(CC4CCCCC4)c3n2)cc1. The van der Waals surface area contributed by atoms with Crippen molar-refractivity contribution in [3.63, 3.8) is 0 Å². The number of hydrogen-bond acceptors (Lipinski definition) is 4. The summed E-state index contributed by atoms with van der Waals surface area (Å²) in [6.45, 7) is 2.33. The average molecular weight is 380 g/mol. The molecule has 28 heavy (non-hydrogen) atoms. The molecule has 2 aromatic heterocycles. The van der Waals surface area contributed by atoms with Gasteiger partial charge in [0.15, 0.2) is 11.3 Å². The second-order valence-corrected chi connectivity index (χ2v) is 7.65. The lowest BCUT2D eigenvalue weighted by Crippen LogP contribution is -2.23. The predicted molar refractivity (Wildman–Crippen MR) is 106 cm³/mol. The maximum Gasteiger partial charge on any atom is 0.328 e. The highest BCUT2D eigenvalue weighted by atomic mass is 16.4. The molecule has 1 unspecified atom stereocenters. The lowest BCUT2D eigenvalue weighted by atomic mass is 9.89. The third kappa shape index (κ3) is 3.56. The lowest BCUT2D eigenvalue weighted by Gasteiger charge is -2.21. The van der Waals surface area contributed by atoms with E-state index in [1.54, 1.807) is 29.8 Å². The zero-order valence-corrected chi connectivity index (χ0v) is 15.9. The van der Waals surface area contributed by atoms with Gasteiger partial charge in [-0.1, -0.05) is 43.5 Å². The number of aromatic amines is 1. The molecule has 0 bridgehead atoms. The van der Waals surface area contributed by atoms with Gasteiger partial charge < -0.3 is 5.11 Å². The van der Waals surface area contributed by atoms with Crippen LogP contribution in [0.5, 0.6) is 0 Å². The molecule has 0 amide bonds. The molecular formula is C21H24N4O3. The van der Waals surface area contributed by atoms with Crippen molar-refractivity contribution in [3.05, 3.63) is 46.5 Å². The molecule has 0 radical (unpaired) electrons. The van der Waals surface area contributed by atoms with Crippen LogP contribution in [0.1, 0.15) is 50.5 Å². The third-order valence-electron chi connectivity index (χ3n) is 5.72. The standard InChI is InChI=1S/C21H24N4O3/c1-13(20(26)27)15-7-9-16(10-8-15)17-11-22-18-19(23-17)25(21(28)24-18)12-14-5-3-2-4-6-14/h7-11,13-14H,2-6,12H2,1H3,(H,26,27)(H,22,24,28). The fourth-order valence-corrected chi connectivity index (χ4v) is 3.94. The minimum atomic E-state index is -0.854. The monoisotopic (exact) mass is 380 g/mol. The fraction of sp³-hybridized carbons (Fsp3) is 0.429. The van der Waals surface area contributed by atoms with Gasteiger partial charge >= 0.3 is 11.7 Å². The number of aromatic nitrogens is 4. The molecule has 1 aliphatic rings. The first-order valence-electron chi connectivity index (χ1n) is 9.81. The summed E-state index contributed by atoms with van der Waals surface area (Å²) in [5.41, 5.74) is 3.16. The Morgan fingerprint density at radius 2 is 1.96 bits per heavy atom. The number of nitrogens with one attached hydrogen (secondary N) is 1. The second-order valence-electron chi connectivity index (χ2n) is 7.65. The first-order valence-corrected chi connectivity index (χ1v) is 9.81. The smallest absolute Gasteiger partial charge is 0.328 e. The normalized spacial score (nSPS) is 16.3. The number of rotatable bonds is 5. The Labute approximate surface area is 162 Å². The highest BCUT2D eigenvalue weighted by molar-refractivity contribution is 5.76. The number of carboxylic acids is 1. The quantitative estimate of drug-likeness (QED) is 0.705. The molecule has 2 N–H and O–H groups in total. The molecule has 4 rings (SSSR count). The van der Waals surface area contributed by atoms with Crippen LogP contribution >= 0.6 is 0 Å². The van der Waals surface area contributed by atoms with Gasteiger partial charge in [0, 0.05) is 12.1 Å².